The molecule has 0 unspecified atom stereocenters. The number of nitrogens with one attached hydrogen (secondary N) is 1. The highest BCUT2D eigenvalue weighted by Gasteiger charge is 2.20. The first-order valence-corrected chi connectivity index (χ1v) is 13.1. The normalized spacial score (nSPS) is 12.7. The number of aromatic amines is 1. The lowest BCUT2D eigenvalue weighted by molar-refractivity contribution is 0.590. The summed E-state index contributed by atoms with van der Waals surface area (Å²) in [4.78, 5) is 8.68. The molecule has 6 rings (SSSR count). The molecule has 0 saturated heterocycles. The van der Waals surface area contributed by atoms with Crippen LogP contribution in [0.4, 0.5) is 0 Å². The van der Waals surface area contributed by atoms with Crippen molar-refractivity contribution in [2.24, 2.45) is 7.05 Å². The van der Waals surface area contributed by atoms with Gasteiger partial charge in [0.15, 0.2) is 5.82 Å². The zero-order chi connectivity index (χ0) is 26.1. The fraction of sp³-hybridized carbons (Fsp3) is 0.265. The maximum Gasteiger partial charge on any atom is 0.157 e. The molecule has 0 aliphatic rings. The maximum atomic E-state index is 4.93. The van der Waals surface area contributed by atoms with E-state index in [1.165, 1.54) is 38.2 Å². The second kappa shape index (κ2) is 8.08. The van der Waals surface area contributed by atoms with E-state index in [0.717, 1.165) is 28.2 Å². The Labute approximate surface area is 219 Å². The van der Waals surface area contributed by atoms with Gasteiger partial charge in [-0.2, -0.15) is 0 Å². The Morgan fingerprint density at radius 2 is 1.32 bits per heavy atom. The molecule has 37 heavy (non-hydrogen) atoms. The Hall–Kier alpha value is -3.85. The molecule has 2 aromatic heterocycles. The number of fused-ring (bicyclic) bond motifs is 3. The molecule has 0 fully saturated rings. The Bertz CT molecular complexity index is 1800. The lowest BCUT2D eigenvalue weighted by Gasteiger charge is -2.22. The molecule has 0 radical (unpaired) electrons. The number of hydrogen-bond donors (Lipinski definition) is 1. The predicted molar refractivity (Wildman–Crippen MR) is 158 cm³/mol. The van der Waals surface area contributed by atoms with Crippen molar-refractivity contribution in [2.75, 3.05) is 0 Å². The first-order chi connectivity index (χ1) is 17.5. The first kappa shape index (κ1) is 23.5. The van der Waals surface area contributed by atoms with Crippen LogP contribution < -0.4 is 0 Å². The lowest BCUT2D eigenvalue weighted by atomic mass is 9.82. The van der Waals surface area contributed by atoms with Crippen LogP contribution in [-0.4, -0.2) is 14.5 Å². The second-order valence-electron chi connectivity index (χ2n) is 12.4. The number of nitrogens with zero attached hydrogens (tertiary/aromatic N) is 2. The van der Waals surface area contributed by atoms with E-state index in [4.69, 9.17) is 4.98 Å². The smallest absolute Gasteiger partial charge is 0.157 e. The molecule has 2 heterocycles. The van der Waals surface area contributed by atoms with Gasteiger partial charge in [-0.25, -0.2) is 4.98 Å². The minimum absolute atomic E-state index is 0.0739. The SMILES string of the molecule is Cn1c(-c2ccc(-c3c4ccc(C(C)(C)C)cc4cc4ccc(C(C)(C)C)cc34)[nH]2)nc2ccccc21. The highest BCUT2D eigenvalue weighted by atomic mass is 15.1. The average Bonchev–Trinajstić information content (AvgIpc) is 3.45. The zero-order valence-corrected chi connectivity index (χ0v) is 22.9. The van der Waals surface area contributed by atoms with Gasteiger partial charge in [0.2, 0.25) is 0 Å². The number of para-hydroxylation sites is 2. The molecular formula is C34H35N3. The summed E-state index contributed by atoms with van der Waals surface area (Å²) in [7, 11) is 2.09. The Kier molecular flexibility index (Phi) is 5.14. The summed E-state index contributed by atoms with van der Waals surface area (Å²) in [6.07, 6.45) is 0. The summed E-state index contributed by atoms with van der Waals surface area (Å²) < 4.78 is 2.17. The molecule has 0 spiro atoms. The van der Waals surface area contributed by atoms with Gasteiger partial charge in [-0.3, -0.25) is 0 Å². The lowest BCUT2D eigenvalue weighted by Crippen LogP contribution is -2.11. The number of hydrogen-bond acceptors (Lipinski definition) is 1. The van der Waals surface area contributed by atoms with Gasteiger partial charge < -0.3 is 9.55 Å². The van der Waals surface area contributed by atoms with Crippen molar-refractivity contribution in [2.45, 2.75) is 52.4 Å². The third kappa shape index (κ3) is 3.94. The van der Waals surface area contributed by atoms with Gasteiger partial charge in [0.1, 0.15) is 0 Å². The summed E-state index contributed by atoms with van der Waals surface area (Å²) in [6, 6.07) is 29.0. The third-order valence-electron chi connectivity index (χ3n) is 7.67. The van der Waals surface area contributed by atoms with Crippen molar-refractivity contribution >= 4 is 32.6 Å². The molecule has 3 nitrogen and oxygen atoms in total. The molecule has 0 atom stereocenters. The first-order valence-electron chi connectivity index (χ1n) is 13.1. The van der Waals surface area contributed by atoms with Crippen molar-refractivity contribution < 1.29 is 0 Å². The highest BCUT2D eigenvalue weighted by Crippen LogP contribution is 2.40. The Balaban J connectivity index is 1.62. The highest BCUT2D eigenvalue weighted by molar-refractivity contribution is 6.12. The molecule has 1 N–H and O–H groups in total. The van der Waals surface area contributed by atoms with Crippen LogP contribution in [0.1, 0.15) is 52.7 Å². The van der Waals surface area contributed by atoms with E-state index in [-0.39, 0.29) is 10.8 Å². The van der Waals surface area contributed by atoms with Gasteiger partial charge in [-0.05, 0) is 79.9 Å². The fourth-order valence-electron chi connectivity index (χ4n) is 5.40. The van der Waals surface area contributed by atoms with Gasteiger partial charge in [-0.1, -0.05) is 84.0 Å². The van der Waals surface area contributed by atoms with Crippen LogP contribution in [0.15, 0.2) is 78.9 Å². The minimum Gasteiger partial charge on any atom is -0.352 e. The van der Waals surface area contributed by atoms with Gasteiger partial charge in [-0.15, -0.1) is 0 Å². The van der Waals surface area contributed by atoms with E-state index >= 15 is 0 Å². The Morgan fingerprint density at radius 3 is 2.05 bits per heavy atom. The molecule has 0 aliphatic carbocycles. The van der Waals surface area contributed by atoms with Crippen LogP contribution in [0.3, 0.4) is 0 Å². The Morgan fingerprint density at radius 1 is 0.649 bits per heavy atom. The zero-order valence-electron chi connectivity index (χ0n) is 22.9. The van der Waals surface area contributed by atoms with E-state index in [9.17, 15) is 0 Å². The number of H-pyrrole nitrogens is 1. The van der Waals surface area contributed by atoms with Crippen LogP contribution in [0.2, 0.25) is 0 Å². The summed E-state index contributed by atoms with van der Waals surface area (Å²) in [5.74, 6) is 0.947. The summed E-state index contributed by atoms with van der Waals surface area (Å²) >= 11 is 0. The number of benzene rings is 4. The molecule has 0 saturated carbocycles. The van der Waals surface area contributed by atoms with E-state index < -0.39 is 0 Å². The molecule has 186 valence electrons. The fourth-order valence-corrected chi connectivity index (χ4v) is 5.40. The van der Waals surface area contributed by atoms with E-state index in [0.29, 0.717) is 0 Å². The molecule has 3 heteroatoms. The molecule has 6 aromatic rings. The van der Waals surface area contributed by atoms with Crippen molar-refractivity contribution in [3.8, 4) is 22.8 Å². The quantitative estimate of drug-likeness (QED) is 0.244. The number of rotatable bonds is 2. The predicted octanol–water partition coefficient (Wildman–Crippen LogP) is 9.14. The van der Waals surface area contributed by atoms with Crippen LogP contribution in [0.25, 0.3) is 55.4 Å². The van der Waals surface area contributed by atoms with Crippen LogP contribution in [-0.2, 0) is 17.9 Å². The van der Waals surface area contributed by atoms with Crippen molar-refractivity contribution in [3.63, 3.8) is 0 Å². The van der Waals surface area contributed by atoms with E-state index in [2.05, 4.69) is 131 Å². The molecule has 4 aromatic carbocycles. The second-order valence-corrected chi connectivity index (χ2v) is 12.4. The largest absolute Gasteiger partial charge is 0.352 e. The number of imidazole rings is 1. The van der Waals surface area contributed by atoms with Crippen molar-refractivity contribution in [3.05, 3.63) is 90.0 Å². The monoisotopic (exact) mass is 485 g/mol. The van der Waals surface area contributed by atoms with Gasteiger partial charge in [0, 0.05) is 18.3 Å². The van der Waals surface area contributed by atoms with Crippen LogP contribution >= 0.6 is 0 Å². The molecular weight excluding hydrogens is 450 g/mol. The maximum absolute atomic E-state index is 4.93. The topological polar surface area (TPSA) is 33.6 Å². The third-order valence-corrected chi connectivity index (χ3v) is 7.67. The average molecular weight is 486 g/mol. The standard InChI is InChI=1S/C34H35N3/c1-33(2,3)23-14-15-25-22(19-23)18-21-12-13-24(34(4,5)6)20-26(21)31(25)28-16-17-29(35-28)32-36-27-10-8-9-11-30(27)37(32)7/h8-20,35H,1-7H3. The number of aromatic nitrogens is 3. The molecule has 0 bridgehead atoms. The number of aryl methyl sites for hydroxylation is 1. The van der Waals surface area contributed by atoms with Gasteiger partial charge >= 0.3 is 0 Å². The van der Waals surface area contributed by atoms with Crippen molar-refractivity contribution in [1.29, 1.82) is 0 Å². The summed E-state index contributed by atoms with van der Waals surface area (Å²) in [6.45, 7) is 13.7. The van der Waals surface area contributed by atoms with Crippen LogP contribution in [0, 0.1) is 0 Å². The summed E-state index contributed by atoms with van der Waals surface area (Å²) in [5, 5.41) is 5.09. The van der Waals surface area contributed by atoms with Crippen molar-refractivity contribution in [1.82, 2.24) is 14.5 Å². The minimum atomic E-state index is 0.0739. The van der Waals surface area contributed by atoms with E-state index in [1.807, 2.05) is 6.07 Å². The van der Waals surface area contributed by atoms with E-state index in [1.54, 1.807) is 0 Å². The molecule has 0 aliphatic heterocycles. The van der Waals surface area contributed by atoms with Crippen LogP contribution in [0.5, 0.6) is 0 Å². The van der Waals surface area contributed by atoms with Gasteiger partial charge in [0.25, 0.3) is 0 Å². The molecule has 0 amide bonds. The summed E-state index contributed by atoms with van der Waals surface area (Å²) in [5.41, 5.74) is 8.40. The van der Waals surface area contributed by atoms with Gasteiger partial charge in [0.05, 0.1) is 16.7 Å².